The Balaban J connectivity index is 1.56. The van der Waals surface area contributed by atoms with Crippen molar-refractivity contribution in [3.63, 3.8) is 0 Å². The fourth-order valence-corrected chi connectivity index (χ4v) is 4.68. The third kappa shape index (κ3) is 4.80. The number of piperazine rings is 1. The number of anilines is 2. The topological polar surface area (TPSA) is 108 Å². The van der Waals surface area contributed by atoms with E-state index in [-0.39, 0.29) is 28.8 Å². The van der Waals surface area contributed by atoms with Crippen LogP contribution in [0.25, 0.3) is 0 Å². The van der Waals surface area contributed by atoms with Gasteiger partial charge in [0.15, 0.2) is 0 Å². The quantitative estimate of drug-likeness (QED) is 0.589. The van der Waals surface area contributed by atoms with E-state index in [1.165, 1.54) is 6.26 Å². The molecule has 0 atom stereocenters. The molecule has 10 heteroatoms. The molecule has 192 valence electrons. The van der Waals surface area contributed by atoms with Crippen LogP contribution in [0.5, 0.6) is 5.88 Å². The molecule has 36 heavy (non-hydrogen) atoms. The van der Waals surface area contributed by atoms with Crippen LogP contribution in [0.3, 0.4) is 0 Å². The molecule has 1 fully saturated rings. The molecule has 4 heterocycles. The highest BCUT2D eigenvalue weighted by Crippen LogP contribution is 2.34. The number of furan rings is 1. The van der Waals surface area contributed by atoms with Crippen LogP contribution in [0, 0.1) is 0 Å². The molecule has 0 bridgehead atoms. The van der Waals surface area contributed by atoms with Crippen LogP contribution in [0.1, 0.15) is 54.2 Å². The van der Waals surface area contributed by atoms with Crippen molar-refractivity contribution in [2.75, 3.05) is 49.5 Å². The first-order valence-corrected chi connectivity index (χ1v) is 12.1. The molecule has 3 amide bonds. The van der Waals surface area contributed by atoms with Crippen LogP contribution in [-0.2, 0) is 11.2 Å². The van der Waals surface area contributed by atoms with E-state index in [4.69, 9.17) is 9.15 Å². The van der Waals surface area contributed by atoms with Crippen LogP contribution in [-0.4, -0.2) is 77.4 Å². The van der Waals surface area contributed by atoms with Crippen LogP contribution < -0.4 is 15.0 Å². The Morgan fingerprint density at radius 1 is 1.25 bits per heavy atom. The van der Waals surface area contributed by atoms with E-state index in [0.717, 1.165) is 0 Å². The molecule has 0 aliphatic carbocycles. The minimum Gasteiger partial charge on any atom is -0.476 e. The number of carbonyl (C=O) groups is 3. The van der Waals surface area contributed by atoms with E-state index < -0.39 is 11.4 Å². The number of amides is 3. The summed E-state index contributed by atoms with van der Waals surface area (Å²) in [6.07, 6.45) is 3.50. The lowest BCUT2D eigenvalue weighted by molar-refractivity contribution is -0.129. The predicted molar refractivity (Wildman–Crippen MR) is 136 cm³/mol. The van der Waals surface area contributed by atoms with Gasteiger partial charge >= 0.3 is 0 Å². The van der Waals surface area contributed by atoms with Crippen molar-refractivity contribution in [1.29, 1.82) is 0 Å². The van der Waals surface area contributed by atoms with Gasteiger partial charge < -0.3 is 29.2 Å². The summed E-state index contributed by atoms with van der Waals surface area (Å²) in [7, 11) is 0. The van der Waals surface area contributed by atoms with Gasteiger partial charge in [-0.3, -0.25) is 14.4 Å². The van der Waals surface area contributed by atoms with Gasteiger partial charge in [0.25, 0.3) is 11.8 Å². The highest BCUT2D eigenvalue weighted by molar-refractivity contribution is 6.13. The van der Waals surface area contributed by atoms with E-state index in [2.05, 4.69) is 21.8 Å². The highest BCUT2D eigenvalue weighted by Gasteiger charge is 2.42. The summed E-state index contributed by atoms with van der Waals surface area (Å²) in [5.41, 5.74) is 0.391. The smallest absolute Gasteiger partial charge is 0.259 e. The minimum atomic E-state index is -0.475. The average molecular weight is 496 g/mol. The third-order valence-electron chi connectivity index (χ3n) is 6.63. The van der Waals surface area contributed by atoms with Gasteiger partial charge in [0.1, 0.15) is 23.5 Å². The first kappa shape index (κ1) is 25.3. The van der Waals surface area contributed by atoms with Gasteiger partial charge in [-0.25, -0.2) is 0 Å². The summed E-state index contributed by atoms with van der Waals surface area (Å²) in [6, 6.07) is 3.55. The van der Waals surface area contributed by atoms with Crippen molar-refractivity contribution >= 4 is 29.2 Å². The zero-order valence-corrected chi connectivity index (χ0v) is 21.3. The maximum Gasteiger partial charge on any atom is 0.259 e. The van der Waals surface area contributed by atoms with Crippen molar-refractivity contribution in [2.45, 2.75) is 39.7 Å². The van der Waals surface area contributed by atoms with E-state index >= 15 is 0 Å². The first-order valence-electron chi connectivity index (χ1n) is 12.1. The minimum absolute atomic E-state index is 0.0618. The molecule has 2 aliphatic heterocycles. The fraction of sp³-hybridized carbons (Fsp3) is 0.462. The van der Waals surface area contributed by atoms with Crippen LogP contribution >= 0.6 is 0 Å². The van der Waals surface area contributed by atoms with Gasteiger partial charge in [-0.1, -0.05) is 6.08 Å². The molecule has 2 aliphatic rings. The first-order chi connectivity index (χ1) is 17.2. The number of nitrogens with one attached hydrogen (secondary N) is 1. The number of hydrogen-bond donors (Lipinski definition) is 1. The number of hydrogen-bond acceptors (Lipinski definition) is 7. The maximum absolute atomic E-state index is 13.3. The molecule has 2 aromatic rings. The Morgan fingerprint density at radius 2 is 1.97 bits per heavy atom. The Morgan fingerprint density at radius 3 is 2.61 bits per heavy atom. The molecule has 1 saturated heterocycles. The van der Waals surface area contributed by atoms with Gasteiger partial charge in [0, 0.05) is 51.6 Å². The molecule has 0 unspecified atom stereocenters. The second-order valence-corrected chi connectivity index (χ2v) is 9.54. The summed E-state index contributed by atoms with van der Waals surface area (Å²) in [4.78, 5) is 48.4. The van der Waals surface area contributed by atoms with Gasteiger partial charge in [0.2, 0.25) is 11.8 Å². The summed E-state index contributed by atoms with van der Waals surface area (Å²) < 4.78 is 11.4. The maximum atomic E-state index is 13.3. The number of rotatable bonds is 7. The summed E-state index contributed by atoms with van der Waals surface area (Å²) >= 11 is 0. The molecule has 0 radical (unpaired) electrons. The lowest BCUT2D eigenvalue weighted by atomic mass is 9.88. The van der Waals surface area contributed by atoms with E-state index in [0.29, 0.717) is 63.0 Å². The molecular formula is C26H33N5O5. The standard InChI is InChI=1S/C26H33N5O5/c1-6-10-31-25(34)22-18(16-36-20(22)15-26(31,4)5)23(33)27-19-8-9-21(28-24(19)35-7-2)30-13-11-29(12-14-30)17(3)32/h6,8-9,16H,1,7,10-15H2,2-5H3,(H,27,33). The Labute approximate surface area is 210 Å². The summed E-state index contributed by atoms with van der Waals surface area (Å²) in [6.45, 7) is 14.4. The molecule has 0 saturated carbocycles. The molecule has 0 aromatic carbocycles. The fourth-order valence-electron chi connectivity index (χ4n) is 4.68. The summed E-state index contributed by atoms with van der Waals surface area (Å²) in [5.74, 6) is 0.819. The molecular weight excluding hydrogens is 462 g/mol. The van der Waals surface area contributed by atoms with E-state index in [9.17, 15) is 14.4 Å². The number of pyridine rings is 1. The molecule has 10 nitrogen and oxygen atoms in total. The highest BCUT2D eigenvalue weighted by atomic mass is 16.5. The Bertz CT molecular complexity index is 1180. The monoisotopic (exact) mass is 495 g/mol. The largest absolute Gasteiger partial charge is 0.476 e. The Hall–Kier alpha value is -3.82. The molecule has 1 N–H and O–H groups in total. The molecule has 0 spiro atoms. The number of fused-ring (bicyclic) bond motifs is 1. The van der Waals surface area contributed by atoms with Crippen molar-refractivity contribution in [3.05, 3.63) is 47.9 Å². The lowest BCUT2D eigenvalue weighted by Gasteiger charge is -2.41. The van der Waals surface area contributed by atoms with Crippen molar-refractivity contribution in [1.82, 2.24) is 14.8 Å². The zero-order chi connectivity index (χ0) is 26.0. The van der Waals surface area contributed by atoms with Gasteiger partial charge in [0.05, 0.1) is 17.7 Å². The number of carbonyl (C=O) groups excluding carboxylic acids is 3. The number of ether oxygens (including phenoxy) is 1. The number of aromatic nitrogens is 1. The van der Waals surface area contributed by atoms with Crippen molar-refractivity contribution in [3.8, 4) is 5.88 Å². The van der Waals surface area contributed by atoms with Gasteiger partial charge in [-0.15, -0.1) is 6.58 Å². The third-order valence-corrected chi connectivity index (χ3v) is 6.63. The average Bonchev–Trinajstić information content (AvgIpc) is 3.26. The molecule has 4 rings (SSSR count). The number of nitrogens with zero attached hydrogens (tertiary/aromatic N) is 4. The van der Waals surface area contributed by atoms with E-state index in [1.54, 1.807) is 28.9 Å². The zero-order valence-electron chi connectivity index (χ0n) is 21.3. The second kappa shape index (κ2) is 10.0. The normalized spacial score (nSPS) is 17.0. The van der Waals surface area contributed by atoms with Gasteiger partial charge in [-0.05, 0) is 32.9 Å². The van der Waals surface area contributed by atoms with Crippen molar-refractivity contribution < 1.29 is 23.5 Å². The van der Waals surface area contributed by atoms with Crippen LogP contribution in [0.2, 0.25) is 0 Å². The van der Waals surface area contributed by atoms with E-state index in [1.807, 2.05) is 26.8 Å². The SMILES string of the molecule is C=CCN1C(=O)c2c(C(=O)Nc3ccc(N4CCN(C(C)=O)CC4)nc3OCC)coc2CC1(C)C. The van der Waals surface area contributed by atoms with Crippen LogP contribution in [0.15, 0.2) is 35.5 Å². The van der Waals surface area contributed by atoms with Crippen LogP contribution in [0.4, 0.5) is 11.5 Å². The van der Waals surface area contributed by atoms with Gasteiger partial charge in [-0.2, -0.15) is 4.98 Å². The van der Waals surface area contributed by atoms with Crippen molar-refractivity contribution in [2.24, 2.45) is 0 Å². The second-order valence-electron chi connectivity index (χ2n) is 9.54. The Kier molecular flexibility index (Phi) is 7.05. The molecule has 2 aromatic heterocycles. The predicted octanol–water partition coefficient (Wildman–Crippen LogP) is 2.96. The lowest BCUT2D eigenvalue weighted by Crippen LogP contribution is -2.52. The summed E-state index contributed by atoms with van der Waals surface area (Å²) in [5, 5.41) is 2.84.